The first-order chi connectivity index (χ1) is 27.5. The second kappa shape index (κ2) is 31.2. The Labute approximate surface area is 497 Å². The van der Waals surface area contributed by atoms with Crippen LogP contribution in [0.5, 0.6) is 0 Å². The van der Waals surface area contributed by atoms with Crippen molar-refractivity contribution in [3.05, 3.63) is 112 Å². The molecule has 2 aromatic heterocycles. The zero-order valence-electron chi connectivity index (χ0n) is 37.5. The maximum Gasteiger partial charge on any atom is 1.00 e. The van der Waals surface area contributed by atoms with Crippen LogP contribution in [0, 0.1) is 11.8 Å². The van der Waals surface area contributed by atoms with Crippen molar-refractivity contribution in [3.63, 3.8) is 0 Å². The van der Waals surface area contributed by atoms with E-state index in [0.717, 1.165) is 12.3 Å². The summed E-state index contributed by atoms with van der Waals surface area (Å²) in [5.74, 6) is 0.101. The number of sulfonamides is 2. The molecule has 0 bridgehead atoms. The van der Waals surface area contributed by atoms with Crippen LogP contribution >= 0.6 is 74.2 Å². The van der Waals surface area contributed by atoms with Crippen molar-refractivity contribution >= 4 is 118 Å². The fourth-order valence-electron chi connectivity index (χ4n) is 6.49. The first-order valence-electron chi connectivity index (χ1n) is 18.0. The molecule has 2 atom stereocenters. The van der Waals surface area contributed by atoms with Gasteiger partial charge in [-0.3, -0.25) is 14.4 Å². The van der Waals surface area contributed by atoms with Crippen LogP contribution in [0.15, 0.2) is 94.7 Å². The number of anilines is 1. The number of hydrogen-bond donors (Lipinski definition) is 3. The van der Waals surface area contributed by atoms with Crippen LogP contribution in [0.3, 0.4) is 0 Å². The standard InChI is InChI=1S/C19H22ClN3O3S.C12H8Cl2N2O3S.C7H15N.CH2O3.ClH.2K.2H2S.H/c1-13-11-19(2,3)23(12-13)17-15(9-10-16(20)21-17)18(24)22-27(25,26)14-7-5-4-6-8-14;13-10-7-6-9(11(14)15-10)12(17)16-20(18,19)8-4-2-1-3-5-8;1-6-4-7(2,3)8-5-6;2-1-4-3;;;;;;/h4-10,13H,11-12H2,1-3H3,(H,22,24);1-7H,(H,16,17);6,8H,4-5H2,1-3H3;1,3H;1H;;;2*1H2;/q;;;;;2*+1;;;-1/p-1/t13-;;6-;;;;;;;/m0.0......./s1. The van der Waals surface area contributed by atoms with Crippen molar-refractivity contribution in [2.45, 2.75) is 75.3 Å². The van der Waals surface area contributed by atoms with Crippen molar-refractivity contribution in [2.24, 2.45) is 11.8 Å². The van der Waals surface area contributed by atoms with Gasteiger partial charge in [0.1, 0.15) is 21.3 Å². The number of nitrogens with zero attached hydrogens (tertiary/aromatic N) is 3. The Hall–Kier alpha value is -0.0973. The SMILES string of the molecule is C[C@@H]1CN(c2nc(Cl)ccc2C(=O)NS(=O)(=O)c2ccccc2)C(C)(C)C1.C[C@@H]1CNC(C)(C)C1.Cl.O=C(NS(=O)(=O)c1ccccc1)c1ccc(Cl)nc1Cl.O=CO[O-].S.S.[H-].[K+].[K+]. The first-order valence-corrected chi connectivity index (χ1v) is 22.1. The van der Waals surface area contributed by atoms with E-state index in [-0.39, 0.29) is 192 Å². The number of halogens is 4. The molecule has 0 radical (unpaired) electrons. The molecule has 2 fully saturated rings. The number of nitrogens with one attached hydrogen (secondary N) is 3. The van der Waals surface area contributed by atoms with Gasteiger partial charge in [0.25, 0.3) is 38.3 Å². The minimum absolute atomic E-state index is 0. The van der Waals surface area contributed by atoms with Crippen LogP contribution in [-0.4, -0.2) is 69.3 Å². The third-order valence-electron chi connectivity index (χ3n) is 8.86. The molecule has 2 aliphatic heterocycles. The van der Waals surface area contributed by atoms with Crippen LogP contribution in [-0.2, 0) is 29.7 Å². The molecule has 2 saturated heterocycles. The minimum Gasteiger partial charge on any atom is -1.00 e. The molecule has 25 heteroatoms. The summed E-state index contributed by atoms with van der Waals surface area (Å²) >= 11 is 17.4. The van der Waals surface area contributed by atoms with Crippen LogP contribution in [0.2, 0.25) is 15.5 Å². The maximum absolute atomic E-state index is 12.8. The molecule has 4 heterocycles. The first kappa shape index (κ1) is 68.2. The molecular formula is C39H52Cl4K2N6O9S4. The molecule has 15 nitrogen and oxygen atoms in total. The Morgan fingerprint density at radius 3 is 1.53 bits per heavy atom. The Balaban J connectivity index is -0.000000433. The largest absolute Gasteiger partial charge is 1.00 e. The average Bonchev–Trinajstić information content (AvgIpc) is 3.65. The van der Waals surface area contributed by atoms with Crippen molar-refractivity contribution in [1.82, 2.24) is 24.7 Å². The van der Waals surface area contributed by atoms with E-state index >= 15 is 0 Å². The van der Waals surface area contributed by atoms with E-state index in [1.54, 1.807) is 36.4 Å². The molecular weight excluding hydrogens is 1040 g/mol. The second-order valence-corrected chi connectivity index (χ2v) is 19.5. The Bertz CT molecular complexity index is 2320. The number of amides is 2. The van der Waals surface area contributed by atoms with Gasteiger partial charge < -0.3 is 21.8 Å². The number of carbonyl (C=O) groups excluding carboxylic acids is 3. The fourth-order valence-corrected chi connectivity index (χ4v) is 9.03. The summed E-state index contributed by atoms with van der Waals surface area (Å²) < 4.78 is 53.0. The van der Waals surface area contributed by atoms with Gasteiger partial charge in [-0.1, -0.05) is 85.0 Å². The van der Waals surface area contributed by atoms with E-state index in [9.17, 15) is 26.4 Å². The fraction of sp³-hybridized carbons (Fsp3) is 0.359. The molecule has 0 saturated carbocycles. The van der Waals surface area contributed by atoms with Crippen LogP contribution in [0.4, 0.5) is 5.82 Å². The molecule has 2 aliphatic rings. The van der Waals surface area contributed by atoms with Crippen LogP contribution in [0.1, 0.15) is 76.5 Å². The van der Waals surface area contributed by atoms with Gasteiger partial charge in [0, 0.05) is 17.6 Å². The van der Waals surface area contributed by atoms with Gasteiger partial charge in [-0.2, -0.15) is 27.0 Å². The third kappa shape index (κ3) is 21.7. The van der Waals surface area contributed by atoms with E-state index in [0.29, 0.717) is 23.8 Å². The monoisotopic (exact) mass is 1090 g/mol. The number of hydrogen-bond acceptors (Lipinski definition) is 13. The van der Waals surface area contributed by atoms with Crippen LogP contribution in [0.25, 0.3) is 0 Å². The van der Waals surface area contributed by atoms with Crippen molar-refractivity contribution in [3.8, 4) is 0 Å². The summed E-state index contributed by atoms with van der Waals surface area (Å²) in [4.78, 5) is 46.0. The van der Waals surface area contributed by atoms with Crippen molar-refractivity contribution < 1.29 is 146 Å². The van der Waals surface area contributed by atoms with Gasteiger partial charge in [-0.25, -0.2) is 36.2 Å². The van der Waals surface area contributed by atoms with Gasteiger partial charge >= 0.3 is 103 Å². The van der Waals surface area contributed by atoms with Gasteiger partial charge in [-0.15, -0.1) is 12.4 Å². The van der Waals surface area contributed by atoms with E-state index in [1.807, 2.05) is 9.62 Å². The van der Waals surface area contributed by atoms with Gasteiger partial charge in [-0.05, 0) is 107 Å². The smallest absolute Gasteiger partial charge is 1.00 e. The van der Waals surface area contributed by atoms with Crippen molar-refractivity contribution in [2.75, 3.05) is 18.0 Å². The van der Waals surface area contributed by atoms with Crippen molar-refractivity contribution in [1.29, 1.82) is 0 Å². The summed E-state index contributed by atoms with van der Waals surface area (Å²) in [6, 6.07) is 20.9. The molecule has 64 heavy (non-hydrogen) atoms. The molecule has 4 aromatic rings. The molecule has 2 aromatic carbocycles. The minimum atomic E-state index is -3.98. The summed E-state index contributed by atoms with van der Waals surface area (Å²) in [6.45, 7) is 14.8. The normalized spacial score (nSPS) is 16.3. The summed E-state index contributed by atoms with van der Waals surface area (Å²) in [5, 5.41) is 12.1. The molecule has 0 aliphatic carbocycles. The Morgan fingerprint density at radius 2 is 1.19 bits per heavy atom. The van der Waals surface area contributed by atoms with Gasteiger partial charge in [0.2, 0.25) is 0 Å². The molecule has 3 N–H and O–H groups in total. The maximum atomic E-state index is 12.8. The predicted octanol–water partition coefficient (Wildman–Crippen LogP) is 0.583. The van der Waals surface area contributed by atoms with Crippen LogP contribution < -0.4 is 128 Å². The average molecular weight is 1100 g/mol. The number of aromatic nitrogens is 2. The van der Waals surface area contributed by atoms with Gasteiger partial charge in [0.05, 0.1) is 20.9 Å². The molecule has 2 amide bonds. The van der Waals surface area contributed by atoms with E-state index in [1.165, 1.54) is 61.5 Å². The topological polar surface area (TPSA) is 217 Å². The zero-order chi connectivity index (χ0) is 44.2. The van der Waals surface area contributed by atoms with E-state index < -0.39 is 31.9 Å². The Kier molecular flexibility index (Phi) is 33.2. The third-order valence-corrected chi connectivity index (χ3v) is 12.3. The number of benzene rings is 2. The predicted molar refractivity (Wildman–Crippen MR) is 253 cm³/mol. The zero-order valence-corrected chi connectivity index (χ0v) is 49.5. The summed E-state index contributed by atoms with van der Waals surface area (Å²) in [6.07, 6.45) is 2.26. The quantitative estimate of drug-likeness (QED) is 0.0725. The van der Waals surface area contributed by atoms with E-state index in [2.05, 4.69) is 66.4 Å². The molecule has 6 rings (SSSR count). The van der Waals surface area contributed by atoms with E-state index in [4.69, 9.17) is 44.9 Å². The van der Waals surface area contributed by atoms with Gasteiger partial charge in [0.15, 0.2) is 0 Å². The molecule has 0 spiro atoms. The number of carbonyl (C=O) groups is 3. The molecule has 0 unspecified atom stereocenters. The Morgan fingerprint density at radius 1 is 0.766 bits per heavy atom. The number of pyridine rings is 2. The summed E-state index contributed by atoms with van der Waals surface area (Å²) in [5.41, 5.74) is 0.306. The second-order valence-electron chi connectivity index (χ2n) is 15.0. The molecule has 346 valence electrons. The summed E-state index contributed by atoms with van der Waals surface area (Å²) in [7, 11) is -7.93. The number of rotatable bonds is 8.